The summed E-state index contributed by atoms with van der Waals surface area (Å²) in [6.07, 6.45) is 7.49. The first-order valence-corrected chi connectivity index (χ1v) is 7.51. The lowest BCUT2D eigenvalue weighted by Gasteiger charge is -2.21. The summed E-state index contributed by atoms with van der Waals surface area (Å²) in [6, 6.07) is 0.439. The van der Waals surface area contributed by atoms with Gasteiger partial charge in [0, 0.05) is 19.1 Å². The van der Waals surface area contributed by atoms with E-state index in [1.807, 2.05) is 0 Å². The molecule has 2 amide bonds. The van der Waals surface area contributed by atoms with E-state index in [-0.39, 0.29) is 6.03 Å². The Balaban J connectivity index is 1.56. The van der Waals surface area contributed by atoms with Gasteiger partial charge in [0.1, 0.15) is 0 Å². The lowest BCUT2D eigenvalue weighted by atomic mass is 10.1. The quantitative estimate of drug-likeness (QED) is 0.786. The zero-order valence-electron chi connectivity index (χ0n) is 11.6. The van der Waals surface area contributed by atoms with E-state index in [2.05, 4.69) is 22.5 Å². The van der Waals surface area contributed by atoms with Crippen molar-refractivity contribution in [1.82, 2.24) is 15.5 Å². The van der Waals surface area contributed by atoms with Crippen LogP contribution in [0.15, 0.2) is 0 Å². The van der Waals surface area contributed by atoms with Gasteiger partial charge in [-0.3, -0.25) is 0 Å². The molecular formula is C14H27N3O. The van der Waals surface area contributed by atoms with Crippen LogP contribution in [-0.4, -0.2) is 43.2 Å². The first-order chi connectivity index (χ1) is 8.74. The van der Waals surface area contributed by atoms with Gasteiger partial charge < -0.3 is 15.5 Å². The molecule has 1 aliphatic heterocycles. The zero-order chi connectivity index (χ0) is 12.8. The molecule has 104 valence electrons. The molecule has 2 N–H and O–H groups in total. The Morgan fingerprint density at radius 1 is 1.22 bits per heavy atom. The summed E-state index contributed by atoms with van der Waals surface area (Å²) >= 11 is 0. The van der Waals surface area contributed by atoms with Crippen molar-refractivity contribution < 1.29 is 4.79 Å². The Kier molecular flexibility index (Phi) is 5.29. The molecule has 1 saturated carbocycles. The Morgan fingerprint density at radius 3 is 2.56 bits per heavy atom. The minimum Gasteiger partial charge on any atom is -0.338 e. The van der Waals surface area contributed by atoms with Crippen LogP contribution >= 0.6 is 0 Å². The second-order valence-corrected chi connectivity index (χ2v) is 5.95. The summed E-state index contributed by atoms with van der Waals surface area (Å²) in [5.74, 6) is 0.539. The van der Waals surface area contributed by atoms with Crippen LogP contribution in [0.4, 0.5) is 4.79 Å². The standard InChI is InChI=1S/C14H27N3O/c1-12(11-17-8-4-5-9-17)10-15-14(18)16-13-6-2-3-7-13/h12-13H,2-11H2,1H3,(H2,15,16,18). The molecule has 0 radical (unpaired) electrons. The summed E-state index contributed by atoms with van der Waals surface area (Å²) < 4.78 is 0. The molecule has 18 heavy (non-hydrogen) atoms. The highest BCUT2D eigenvalue weighted by Crippen LogP contribution is 2.17. The van der Waals surface area contributed by atoms with Crippen molar-refractivity contribution in [2.45, 2.75) is 51.5 Å². The Morgan fingerprint density at radius 2 is 1.89 bits per heavy atom. The minimum atomic E-state index is 0.0233. The average Bonchev–Trinajstić information content (AvgIpc) is 2.99. The van der Waals surface area contributed by atoms with Crippen LogP contribution in [0, 0.1) is 5.92 Å². The van der Waals surface area contributed by atoms with Gasteiger partial charge in [0.05, 0.1) is 0 Å². The van der Waals surface area contributed by atoms with Crippen molar-refractivity contribution in [2.75, 3.05) is 26.2 Å². The number of nitrogens with zero attached hydrogens (tertiary/aromatic N) is 1. The second-order valence-electron chi connectivity index (χ2n) is 5.95. The van der Waals surface area contributed by atoms with E-state index < -0.39 is 0 Å². The second kappa shape index (κ2) is 6.98. The van der Waals surface area contributed by atoms with E-state index in [0.29, 0.717) is 12.0 Å². The summed E-state index contributed by atoms with van der Waals surface area (Å²) in [4.78, 5) is 14.2. The molecule has 4 heteroatoms. The molecule has 0 aromatic carbocycles. The molecule has 2 rings (SSSR count). The van der Waals surface area contributed by atoms with Crippen LogP contribution in [0.2, 0.25) is 0 Å². The van der Waals surface area contributed by atoms with E-state index in [4.69, 9.17) is 0 Å². The maximum absolute atomic E-state index is 11.7. The third-order valence-electron chi connectivity index (χ3n) is 4.07. The van der Waals surface area contributed by atoms with Crippen molar-refractivity contribution in [3.63, 3.8) is 0 Å². The molecule has 0 aromatic heterocycles. The molecular weight excluding hydrogens is 226 g/mol. The molecule has 1 unspecified atom stereocenters. The Labute approximate surface area is 110 Å². The highest BCUT2D eigenvalue weighted by Gasteiger charge is 2.18. The largest absolute Gasteiger partial charge is 0.338 e. The topological polar surface area (TPSA) is 44.4 Å². The predicted molar refractivity (Wildman–Crippen MR) is 73.6 cm³/mol. The molecule has 0 spiro atoms. The molecule has 2 aliphatic rings. The van der Waals surface area contributed by atoms with Gasteiger partial charge >= 0.3 is 6.03 Å². The number of urea groups is 1. The third-order valence-corrected chi connectivity index (χ3v) is 4.07. The van der Waals surface area contributed by atoms with Crippen molar-refractivity contribution in [1.29, 1.82) is 0 Å². The number of carbonyl (C=O) groups is 1. The fraction of sp³-hybridized carbons (Fsp3) is 0.929. The lowest BCUT2D eigenvalue weighted by molar-refractivity contribution is 0.231. The van der Waals surface area contributed by atoms with E-state index >= 15 is 0 Å². The SMILES string of the molecule is CC(CNC(=O)NC1CCCC1)CN1CCCC1. The van der Waals surface area contributed by atoms with Crippen molar-refractivity contribution in [3.8, 4) is 0 Å². The summed E-state index contributed by atoms with van der Waals surface area (Å²) in [7, 11) is 0. The molecule has 1 heterocycles. The summed E-state index contributed by atoms with van der Waals surface area (Å²) in [6.45, 7) is 6.59. The van der Waals surface area contributed by atoms with Crippen molar-refractivity contribution in [2.24, 2.45) is 5.92 Å². The third kappa shape index (κ3) is 4.48. The Bertz CT molecular complexity index is 258. The molecule has 4 nitrogen and oxygen atoms in total. The molecule has 0 aromatic rings. The minimum absolute atomic E-state index is 0.0233. The van der Waals surface area contributed by atoms with E-state index in [0.717, 1.165) is 25.9 Å². The smallest absolute Gasteiger partial charge is 0.315 e. The maximum Gasteiger partial charge on any atom is 0.315 e. The van der Waals surface area contributed by atoms with Gasteiger partial charge in [0.25, 0.3) is 0 Å². The van der Waals surface area contributed by atoms with Gasteiger partial charge in [-0.2, -0.15) is 0 Å². The number of hydrogen-bond donors (Lipinski definition) is 2. The van der Waals surface area contributed by atoms with Gasteiger partial charge in [0.15, 0.2) is 0 Å². The van der Waals surface area contributed by atoms with Gasteiger partial charge in [-0.25, -0.2) is 4.79 Å². The Hall–Kier alpha value is -0.770. The van der Waals surface area contributed by atoms with Gasteiger partial charge in [-0.15, -0.1) is 0 Å². The van der Waals surface area contributed by atoms with Gasteiger partial charge in [-0.1, -0.05) is 19.8 Å². The maximum atomic E-state index is 11.7. The number of likely N-dealkylation sites (tertiary alicyclic amines) is 1. The molecule has 0 bridgehead atoms. The van der Waals surface area contributed by atoms with Crippen LogP contribution in [0.25, 0.3) is 0 Å². The average molecular weight is 253 g/mol. The first kappa shape index (κ1) is 13.7. The molecule has 1 atom stereocenters. The van der Waals surface area contributed by atoms with Crippen LogP contribution in [0.1, 0.15) is 45.4 Å². The number of rotatable bonds is 5. The van der Waals surface area contributed by atoms with E-state index in [1.165, 1.54) is 38.8 Å². The first-order valence-electron chi connectivity index (χ1n) is 7.51. The normalized spacial score (nSPS) is 23.2. The zero-order valence-corrected chi connectivity index (χ0v) is 11.6. The highest BCUT2D eigenvalue weighted by molar-refractivity contribution is 5.74. The number of carbonyl (C=O) groups excluding carboxylic acids is 1. The fourth-order valence-corrected chi connectivity index (χ4v) is 3.04. The molecule has 2 fully saturated rings. The lowest BCUT2D eigenvalue weighted by Crippen LogP contribution is -2.43. The van der Waals surface area contributed by atoms with Gasteiger partial charge in [0.2, 0.25) is 0 Å². The van der Waals surface area contributed by atoms with Crippen LogP contribution < -0.4 is 10.6 Å². The fourth-order valence-electron chi connectivity index (χ4n) is 3.04. The van der Waals surface area contributed by atoms with E-state index in [9.17, 15) is 4.79 Å². The van der Waals surface area contributed by atoms with Crippen molar-refractivity contribution >= 4 is 6.03 Å². The van der Waals surface area contributed by atoms with Crippen LogP contribution in [0.5, 0.6) is 0 Å². The predicted octanol–water partition coefficient (Wildman–Crippen LogP) is 1.96. The monoisotopic (exact) mass is 253 g/mol. The highest BCUT2D eigenvalue weighted by atomic mass is 16.2. The number of hydrogen-bond acceptors (Lipinski definition) is 2. The van der Waals surface area contributed by atoms with Crippen molar-refractivity contribution in [3.05, 3.63) is 0 Å². The van der Waals surface area contributed by atoms with E-state index in [1.54, 1.807) is 0 Å². The summed E-state index contributed by atoms with van der Waals surface area (Å²) in [5, 5.41) is 6.07. The van der Waals surface area contributed by atoms with Gasteiger partial charge in [-0.05, 0) is 44.7 Å². The van der Waals surface area contributed by atoms with Crippen LogP contribution in [0.3, 0.4) is 0 Å². The van der Waals surface area contributed by atoms with Crippen LogP contribution in [-0.2, 0) is 0 Å². The molecule has 1 saturated heterocycles. The number of nitrogens with one attached hydrogen (secondary N) is 2. The molecule has 1 aliphatic carbocycles. The number of amides is 2. The summed E-state index contributed by atoms with van der Waals surface area (Å²) in [5.41, 5.74) is 0.